The predicted octanol–water partition coefficient (Wildman–Crippen LogP) is 2.36. The van der Waals surface area contributed by atoms with Gasteiger partial charge in [0.05, 0.1) is 18.3 Å². The summed E-state index contributed by atoms with van der Waals surface area (Å²) in [5, 5.41) is 19.4. The number of phenolic OH excluding ortho intramolecular Hbond substituents is 2. The fraction of sp³-hybridized carbons (Fsp3) is 0.375. The largest absolute Gasteiger partial charge is 0.508 e. The minimum absolute atomic E-state index is 0.0332. The minimum Gasteiger partial charge on any atom is -0.508 e. The molecule has 0 aromatic heterocycles. The Bertz CT molecular complexity index is 671. The molecule has 2 N–H and O–H groups in total. The lowest BCUT2D eigenvalue weighted by Gasteiger charge is -2.30. The second kappa shape index (κ2) is 5.00. The van der Waals surface area contributed by atoms with Crippen LogP contribution >= 0.6 is 0 Å². The van der Waals surface area contributed by atoms with E-state index in [1.165, 1.54) is 6.07 Å². The van der Waals surface area contributed by atoms with Gasteiger partial charge in [0.1, 0.15) is 11.5 Å². The zero-order valence-corrected chi connectivity index (χ0v) is 11.7. The van der Waals surface area contributed by atoms with Gasteiger partial charge in [0.25, 0.3) is 0 Å². The van der Waals surface area contributed by atoms with Crippen molar-refractivity contribution in [2.45, 2.75) is 32.3 Å². The van der Waals surface area contributed by atoms with Crippen LogP contribution in [0, 0.1) is 0 Å². The van der Waals surface area contributed by atoms with Crippen LogP contribution in [0.1, 0.15) is 46.9 Å². The number of carbonyl (C=O) groups excluding carboxylic acids is 2. The summed E-state index contributed by atoms with van der Waals surface area (Å²) in [5.74, 6) is -1.28. The van der Waals surface area contributed by atoms with E-state index in [2.05, 4.69) is 0 Å². The van der Waals surface area contributed by atoms with E-state index in [0.717, 1.165) is 18.9 Å². The van der Waals surface area contributed by atoms with E-state index < -0.39 is 0 Å². The smallest absolute Gasteiger partial charge is 0.196 e. The molecule has 0 spiro atoms. The van der Waals surface area contributed by atoms with Gasteiger partial charge in [-0.1, -0.05) is 13.3 Å². The summed E-state index contributed by atoms with van der Waals surface area (Å²) in [6.07, 6.45) is 2.12. The number of hydrogen-bond donors (Lipinski definition) is 2. The first-order valence-electron chi connectivity index (χ1n) is 7.02. The molecule has 0 bridgehead atoms. The highest BCUT2D eigenvalue weighted by Crippen LogP contribution is 2.38. The Balaban J connectivity index is 2.08. The molecule has 110 valence electrons. The molecule has 1 aromatic rings. The molecule has 1 aliphatic heterocycles. The third kappa shape index (κ3) is 2.14. The first-order chi connectivity index (χ1) is 10.0. The van der Waals surface area contributed by atoms with Gasteiger partial charge in [-0.3, -0.25) is 9.59 Å². The molecule has 2 aliphatic rings. The maximum atomic E-state index is 12.6. The third-order valence-corrected chi connectivity index (χ3v) is 3.99. The molecule has 0 unspecified atom stereocenters. The number of benzene rings is 1. The summed E-state index contributed by atoms with van der Waals surface area (Å²) in [5.41, 5.74) is 0.838. The molecule has 1 aromatic carbocycles. The van der Waals surface area contributed by atoms with Crippen LogP contribution in [0.5, 0.6) is 11.5 Å². The van der Waals surface area contributed by atoms with Crippen molar-refractivity contribution in [3.63, 3.8) is 0 Å². The van der Waals surface area contributed by atoms with Gasteiger partial charge >= 0.3 is 0 Å². The monoisotopic (exact) mass is 288 g/mol. The average molecular weight is 288 g/mol. The van der Waals surface area contributed by atoms with Crippen molar-refractivity contribution in [1.82, 2.24) is 0 Å². The number of Topliss-reactive ketones (excluding diaryl/α,β-unsaturated/α-hetero) is 2. The SMILES string of the molecule is CCC[C@@H]1CC2=C(CO1)C(=O)c1c(O)cc(O)cc1C2=O. The summed E-state index contributed by atoms with van der Waals surface area (Å²) in [4.78, 5) is 25.0. The average Bonchev–Trinajstić information content (AvgIpc) is 2.44. The maximum Gasteiger partial charge on any atom is 0.196 e. The molecule has 0 amide bonds. The van der Waals surface area contributed by atoms with Crippen LogP contribution in [-0.2, 0) is 4.74 Å². The topological polar surface area (TPSA) is 83.8 Å². The van der Waals surface area contributed by atoms with Gasteiger partial charge in [-0.2, -0.15) is 0 Å². The van der Waals surface area contributed by atoms with Crippen LogP contribution in [-0.4, -0.2) is 34.5 Å². The number of ether oxygens (including phenoxy) is 1. The molecule has 1 atom stereocenters. The van der Waals surface area contributed by atoms with Gasteiger partial charge in [0.2, 0.25) is 0 Å². The third-order valence-electron chi connectivity index (χ3n) is 3.99. The Hall–Kier alpha value is -2.14. The van der Waals surface area contributed by atoms with E-state index >= 15 is 0 Å². The number of fused-ring (bicyclic) bond motifs is 1. The lowest BCUT2D eigenvalue weighted by atomic mass is 9.80. The number of phenols is 2. The first kappa shape index (κ1) is 13.8. The van der Waals surface area contributed by atoms with Gasteiger partial charge in [0.15, 0.2) is 11.6 Å². The van der Waals surface area contributed by atoms with Crippen molar-refractivity contribution >= 4 is 11.6 Å². The zero-order chi connectivity index (χ0) is 15.1. The quantitative estimate of drug-likeness (QED) is 0.872. The van der Waals surface area contributed by atoms with E-state index in [-0.39, 0.29) is 46.9 Å². The van der Waals surface area contributed by atoms with E-state index in [9.17, 15) is 19.8 Å². The zero-order valence-electron chi connectivity index (χ0n) is 11.7. The number of rotatable bonds is 2. The van der Waals surface area contributed by atoms with Crippen LogP contribution in [0.15, 0.2) is 23.3 Å². The number of aromatic hydroxyl groups is 2. The Kier molecular flexibility index (Phi) is 3.29. The van der Waals surface area contributed by atoms with Crippen LogP contribution in [0.4, 0.5) is 0 Å². The summed E-state index contributed by atoms with van der Waals surface area (Å²) in [7, 11) is 0. The predicted molar refractivity (Wildman–Crippen MR) is 74.7 cm³/mol. The highest BCUT2D eigenvalue weighted by molar-refractivity contribution is 6.28. The first-order valence-corrected chi connectivity index (χ1v) is 7.02. The Morgan fingerprint density at radius 2 is 1.95 bits per heavy atom. The molecule has 5 nitrogen and oxygen atoms in total. The molecule has 0 fully saturated rings. The van der Waals surface area contributed by atoms with E-state index in [0.29, 0.717) is 17.6 Å². The summed E-state index contributed by atoms with van der Waals surface area (Å²) in [6, 6.07) is 2.31. The van der Waals surface area contributed by atoms with Crippen LogP contribution in [0.3, 0.4) is 0 Å². The van der Waals surface area contributed by atoms with Crippen molar-refractivity contribution in [3.8, 4) is 11.5 Å². The molecule has 0 saturated heterocycles. The van der Waals surface area contributed by atoms with Crippen molar-refractivity contribution in [3.05, 3.63) is 34.4 Å². The minimum atomic E-state index is -0.382. The Morgan fingerprint density at radius 3 is 2.67 bits per heavy atom. The Morgan fingerprint density at radius 1 is 1.19 bits per heavy atom. The highest BCUT2D eigenvalue weighted by Gasteiger charge is 2.38. The molecular weight excluding hydrogens is 272 g/mol. The molecular formula is C16H16O5. The number of carbonyl (C=O) groups is 2. The van der Waals surface area contributed by atoms with Crippen LogP contribution in [0.2, 0.25) is 0 Å². The van der Waals surface area contributed by atoms with Gasteiger partial charge in [-0.05, 0) is 12.5 Å². The van der Waals surface area contributed by atoms with Crippen LogP contribution < -0.4 is 0 Å². The molecule has 3 rings (SSSR count). The lowest BCUT2D eigenvalue weighted by molar-refractivity contribution is 0.0463. The van der Waals surface area contributed by atoms with Gasteiger partial charge in [0, 0.05) is 29.2 Å². The Labute approximate surface area is 121 Å². The van der Waals surface area contributed by atoms with Crippen molar-refractivity contribution in [2.24, 2.45) is 0 Å². The van der Waals surface area contributed by atoms with Gasteiger partial charge in [-0.15, -0.1) is 0 Å². The normalized spacial score (nSPS) is 21.3. The molecule has 0 saturated carbocycles. The lowest BCUT2D eigenvalue weighted by Crippen LogP contribution is -2.32. The molecule has 1 aliphatic carbocycles. The summed E-state index contributed by atoms with van der Waals surface area (Å²) < 4.78 is 5.62. The van der Waals surface area contributed by atoms with E-state index in [1.807, 2.05) is 6.92 Å². The maximum absolute atomic E-state index is 12.6. The van der Waals surface area contributed by atoms with E-state index in [1.54, 1.807) is 0 Å². The molecule has 21 heavy (non-hydrogen) atoms. The fourth-order valence-electron chi connectivity index (χ4n) is 2.98. The second-order valence-corrected chi connectivity index (χ2v) is 5.43. The van der Waals surface area contributed by atoms with Gasteiger partial charge in [-0.25, -0.2) is 0 Å². The second-order valence-electron chi connectivity index (χ2n) is 5.43. The summed E-state index contributed by atoms with van der Waals surface area (Å²) in [6.45, 7) is 2.14. The molecule has 1 heterocycles. The summed E-state index contributed by atoms with van der Waals surface area (Å²) >= 11 is 0. The standard InChI is InChI=1S/C16H16O5/c1-2-3-9-6-10-12(7-21-9)16(20)14-11(15(10)19)4-8(17)5-13(14)18/h4-5,9,17-18H,2-3,6-7H2,1H3/t9-/m1/s1. The molecule has 0 radical (unpaired) electrons. The molecule has 5 heteroatoms. The fourth-order valence-corrected chi connectivity index (χ4v) is 2.98. The van der Waals surface area contributed by atoms with Crippen molar-refractivity contribution in [2.75, 3.05) is 6.61 Å². The van der Waals surface area contributed by atoms with Crippen molar-refractivity contribution in [1.29, 1.82) is 0 Å². The van der Waals surface area contributed by atoms with Crippen LogP contribution in [0.25, 0.3) is 0 Å². The number of hydrogen-bond acceptors (Lipinski definition) is 5. The van der Waals surface area contributed by atoms with Crippen molar-refractivity contribution < 1.29 is 24.5 Å². The van der Waals surface area contributed by atoms with E-state index in [4.69, 9.17) is 4.74 Å². The highest BCUT2D eigenvalue weighted by atomic mass is 16.5. The van der Waals surface area contributed by atoms with Gasteiger partial charge < -0.3 is 14.9 Å². The number of ketones is 2.